The number of nitrogens with one attached hydrogen (secondary N) is 3. The summed E-state index contributed by atoms with van der Waals surface area (Å²) < 4.78 is 0. The molecule has 0 bridgehead atoms. The third-order valence-electron chi connectivity index (χ3n) is 3.63. The largest absolute Gasteiger partial charge is 0.328 e. The summed E-state index contributed by atoms with van der Waals surface area (Å²) in [6.45, 7) is 0. The zero-order valence-corrected chi connectivity index (χ0v) is 10.3. The fourth-order valence-corrected chi connectivity index (χ4v) is 2.46. The van der Waals surface area contributed by atoms with Crippen LogP contribution in [0.4, 0.5) is 0 Å². The van der Waals surface area contributed by atoms with Crippen LogP contribution in [0.15, 0.2) is 0 Å². The molecule has 1 rings (SSSR count). The van der Waals surface area contributed by atoms with Gasteiger partial charge in [0.15, 0.2) is 0 Å². The Morgan fingerprint density at radius 2 is 1.80 bits per heavy atom. The van der Waals surface area contributed by atoms with Crippen LogP contribution < -0.4 is 21.8 Å². The lowest BCUT2D eigenvalue weighted by Gasteiger charge is -2.45. The van der Waals surface area contributed by atoms with Crippen molar-refractivity contribution in [3.8, 4) is 0 Å². The number of nitrogens with two attached hydrogens (primary N) is 1. The van der Waals surface area contributed by atoms with Gasteiger partial charge in [-0.05, 0) is 40.4 Å². The van der Waals surface area contributed by atoms with E-state index in [2.05, 4.69) is 28.1 Å². The second kappa shape index (κ2) is 5.23. The average molecular weight is 215 g/mol. The molecule has 0 aromatic carbocycles. The summed E-state index contributed by atoms with van der Waals surface area (Å²) >= 11 is 0. The van der Waals surface area contributed by atoms with Crippen molar-refractivity contribution in [1.29, 1.82) is 0 Å². The Hall–Kier alpha value is -0.200. The summed E-state index contributed by atoms with van der Waals surface area (Å²) in [7, 11) is 8.00. The van der Waals surface area contributed by atoms with Gasteiger partial charge < -0.3 is 16.4 Å². The number of hydrogen-bond acceptors (Lipinski definition) is 5. The van der Waals surface area contributed by atoms with E-state index in [0.29, 0.717) is 6.04 Å². The van der Waals surface area contributed by atoms with Crippen LogP contribution in [0.1, 0.15) is 19.3 Å². The first kappa shape index (κ1) is 12.9. The van der Waals surface area contributed by atoms with E-state index in [1.165, 1.54) is 0 Å². The van der Waals surface area contributed by atoms with Crippen LogP contribution in [0.5, 0.6) is 0 Å². The van der Waals surface area contributed by atoms with Gasteiger partial charge in [-0.1, -0.05) is 0 Å². The van der Waals surface area contributed by atoms with Gasteiger partial charge in [-0.25, -0.2) is 5.01 Å². The van der Waals surface area contributed by atoms with Gasteiger partial charge in [0.1, 0.15) is 0 Å². The van der Waals surface area contributed by atoms with E-state index >= 15 is 0 Å². The lowest BCUT2D eigenvalue weighted by atomic mass is 9.82. The quantitative estimate of drug-likeness (QED) is 0.360. The SMILES string of the molecule is CNN(C)C1CC(N)CC(NC)(NC)C1. The standard InChI is InChI=1S/C10H25N5/c1-12-10(13-2)6-8(11)5-9(7-10)15(4)14-3/h8-9,12-14H,5-7,11H2,1-4H3. The molecule has 0 spiro atoms. The summed E-state index contributed by atoms with van der Waals surface area (Å²) in [5.41, 5.74) is 9.25. The molecule has 1 aliphatic rings. The van der Waals surface area contributed by atoms with Crippen LogP contribution in [0.3, 0.4) is 0 Å². The van der Waals surface area contributed by atoms with Crippen molar-refractivity contribution >= 4 is 0 Å². The highest BCUT2D eigenvalue weighted by molar-refractivity contribution is 4.97. The molecule has 2 atom stereocenters. The summed E-state index contributed by atoms with van der Waals surface area (Å²) in [6, 6.07) is 0.720. The van der Waals surface area contributed by atoms with Gasteiger partial charge in [0, 0.05) is 19.1 Å². The van der Waals surface area contributed by atoms with E-state index in [0.717, 1.165) is 19.3 Å². The topological polar surface area (TPSA) is 65.3 Å². The zero-order chi connectivity index (χ0) is 11.5. The average Bonchev–Trinajstić information content (AvgIpc) is 2.27. The maximum absolute atomic E-state index is 6.11. The summed E-state index contributed by atoms with van der Waals surface area (Å²) in [5, 5.41) is 8.86. The normalized spacial score (nSPS) is 30.8. The van der Waals surface area contributed by atoms with Gasteiger partial charge in [-0.15, -0.1) is 0 Å². The molecule has 1 saturated carbocycles. The van der Waals surface area contributed by atoms with Crippen LogP contribution >= 0.6 is 0 Å². The van der Waals surface area contributed by atoms with Crippen LogP contribution in [-0.2, 0) is 0 Å². The maximum Gasteiger partial charge on any atom is 0.0712 e. The van der Waals surface area contributed by atoms with E-state index in [-0.39, 0.29) is 11.7 Å². The zero-order valence-electron chi connectivity index (χ0n) is 10.3. The van der Waals surface area contributed by atoms with Crippen LogP contribution in [0.2, 0.25) is 0 Å². The van der Waals surface area contributed by atoms with Crippen molar-refractivity contribution in [3.05, 3.63) is 0 Å². The molecule has 0 saturated heterocycles. The second-order valence-corrected chi connectivity index (χ2v) is 4.47. The van der Waals surface area contributed by atoms with Crippen molar-refractivity contribution in [2.75, 3.05) is 28.2 Å². The van der Waals surface area contributed by atoms with E-state index < -0.39 is 0 Å². The van der Waals surface area contributed by atoms with Crippen molar-refractivity contribution in [2.24, 2.45) is 5.73 Å². The molecule has 5 N–H and O–H groups in total. The van der Waals surface area contributed by atoms with E-state index in [4.69, 9.17) is 5.73 Å². The Morgan fingerprint density at radius 3 is 2.27 bits per heavy atom. The van der Waals surface area contributed by atoms with E-state index in [1.54, 1.807) is 0 Å². The first-order chi connectivity index (χ1) is 7.06. The van der Waals surface area contributed by atoms with Crippen LogP contribution in [0.25, 0.3) is 0 Å². The molecule has 0 heterocycles. The lowest BCUT2D eigenvalue weighted by molar-refractivity contribution is 0.0696. The van der Waals surface area contributed by atoms with Crippen molar-refractivity contribution in [3.63, 3.8) is 0 Å². The molecule has 0 aromatic rings. The molecular weight excluding hydrogens is 190 g/mol. The Balaban J connectivity index is 2.70. The third kappa shape index (κ3) is 2.89. The molecular formula is C10H25N5. The minimum Gasteiger partial charge on any atom is -0.328 e. The molecule has 5 nitrogen and oxygen atoms in total. The lowest BCUT2D eigenvalue weighted by Crippen LogP contribution is -2.64. The summed E-state index contributed by atoms with van der Waals surface area (Å²) in [4.78, 5) is 0. The molecule has 1 aliphatic carbocycles. The molecule has 0 radical (unpaired) electrons. The second-order valence-electron chi connectivity index (χ2n) is 4.47. The number of hydrogen-bond donors (Lipinski definition) is 4. The van der Waals surface area contributed by atoms with Crippen molar-refractivity contribution in [2.45, 2.75) is 37.0 Å². The first-order valence-corrected chi connectivity index (χ1v) is 5.60. The minimum atomic E-state index is -0.0204. The Morgan fingerprint density at radius 1 is 1.20 bits per heavy atom. The minimum absolute atomic E-state index is 0.0204. The highest BCUT2D eigenvalue weighted by atomic mass is 15.5. The van der Waals surface area contributed by atoms with Gasteiger partial charge in [0.05, 0.1) is 5.66 Å². The molecule has 0 amide bonds. The molecule has 2 unspecified atom stereocenters. The Kier molecular flexibility index (Phi) is 4.48. The highest BCUT2D eigenvalue weighted by Gasteiger charge is 2.38. The third-order valence-corrected chi connectivity index (χ3v) is 3.63. The monoisotopic (exact) mass is 215 g/mol. The summed E-state index contributed by atoms with van der Waals surface area (Å²) in [6.07, 6.45) is 3.08. The Labute approximate surface area is 92.7 Å². The van der Waals surface area contributed by atoms with Crippen LogP contribution in [-0.4, -0.2) is 50.9 Å². The number of hydrazine groups is 1. The van der Waals surface area contributed by atoms with E-state index in [9.17, 15) is 0 Å². The molecule has 0 aromatic heterocycles. The van der Waals surface area contributed by atoms with Gasteiger partial charge in [-0.3, -0.25) is 5.43 Å². The highest BCUT2D eigenvalue weighted by Crippen LogP contribution is 2.27. The van der Waals surface area contributed by atoms with Gasteiger partial charge in [0.25, 0.3) is 0 Å². The fraction of sp³-hybridized carbons (Fsp3) is 1.00. The molecule has 90 valence electrons. The molecule has 1 fully saturated rings. The predicted octanol–water partition coefficient (Wildman–Crippen LogP) is -0.932. The van der Waals surface area contributed by atoms with E-state index in [1.807, 2.05) is 21.1 Å². The van der Waals surface area contributed by atoms with Gasteiger partial charge in [-0.2, -0.15) is 0 Å². The van der Waals surface area contributed by atoms with Crippen LogP contribution in [0, 0.1) is 0 Å². The van der Waals surface area contributed by atoms with Gasteiger partial charge >= 0.3 is 0 Å². The predicted molar refractivity (Wildman–Crippen MR) is 63.3 cm³/mol. The molecule has 5 heteroatoms. The maximum atomic E-state index is 6.11. The smallest absolute Gasteiger partial charge is 0.0712 e. The van der Waals surface area contributed by atoms with Crippen molar-refractivity contribution in [1.82, 2.24) is 21.1 Å². The van der Waals surface area contributed by atoms with Gasteiger partial charge in [0.2, 0.25) is 0 Å². The van der Waals surface area contributed by atoms with Crippen molar-refractivity contribution < 1.29 is 0 Å². The number of nitrogens with zero attached hydrogens (tertiary/aromatic N) is 1. The Bertz CT molecular complexity index is 192. The fourth-order valence-electron chi connectivity index (χ4n) is 2.46. The summed E-state index contributed by atoms with van der Waals surface area (Å²) in [5.74, 6) is 0. The number of rotatable bonds is 4. The molecule has 15 heavy (non-hydrogen) atoms. The first-order valence-electron chi connectivity index (χ1n) is 5.60. The molecule has 0 aliphatic heterocycles.